The van der Waals surface area contributed by atoms with Gasteiger partial charge in [0, 0.05) is 31.0 Å². The summed E-state index contributed by atoms with van der Waals surface area (Å²) in [6.07, 6.45) is 4.60. The van der Waals surface area contributed by atoms with Gasteiger partial charge < -0.3 is 14.4 Å². The zero-order valence-corrected chi connectivity index (χ0v) is 16.6. The van der Waals surface area contributed by atoms with E-state index in [1.807, 2.05) is 0 Å². The summed E-state index contributed by atoms with van der Waals surface area (Å²) in [4.78, 5) is 29.6. The van der Waals surface area contributed by atoms with Crippen molar-refractivity contribution in [3.8, 4) is 5.75 Å². The molecular formula is C19H19BrN4O4. The zero-order valence-electron chi connectivity index (χ0n) is 15.0. The first-order valence-corrected chi connectivity index (χ1v) is 9.44. The first kappa shape index (κ1) is 20.0. The third-order valence-electron chi connectivity index (χ3n) is 3.99. The van der Waals surface area contributed by atoms with Crippen LogP contribution in [0.2, 0.25) is 0 Å². The summed E-state index contributed by atoms with van der Waals surface area (Å²) in [6, 6.07) is 8.51. The second-order valence-electron chi connectivity index (χ2n) is 5.91. The summed E-state index contributed by atoms with van der Waals surface area (Å²) < 4.78 is 11.5. The molecule has 0 spiro atoms. The molecule has 2 aromatic rings. The van der Waals surface area contributed by atoms with Crippen LogP contribution in [-0.2, 0) is 9.53 Å². The zero-order chi connectivity index (χ0) is 19.8. The van der Waals surface area contributed by atoms with Gasteiger partial charge >= 0.3 is 0 Å². The third kappa shape index (κ3) is 5.61. The van der Waals surface area contributed by atoms with Gasteiger partial charge in [0.1, 0.15) is 5.75 Å². The number of rotatable bonds is 6. The van der Waals surface area contributed by atoms with Gasteiger partial charge in [-0.2, -0.15) is 5.10 Å². The summed E-state index contributed by atoms with van der Waals surface area (Å²) in [6.45, 7) is 2.25. The number of hydrogen-bond acceptors (Lipinski definition) is 6. The smallest absolute Gasteiger partial charge is 0.271 e. The fourth-order valence-corrected chi connectivity index (χ4v) is 3.00. The standard InChI is InChI=1S/C19H19BrN4O4/c20-16-11-14(12-22-23-19(26)15-3-5-21-6-4-15)1-2-17(16)28-13-18(25)24-7-9-27-10-8-24/h1-6,11-12H,7-10,13H2,(H,23,26)/b22-12-. The molecule has 8 nitrogen and oxygen atoms in total. The number of nitrogens with one attached hydrogen (secondary N) is 1. The van der Waals surface area contributed by atoms with Crippen molar-refractivity contribution in [2.24, 2.45) is 5.10 Å². The topological polar surface area (TPSA) is 93.1 Å². The van der Waals surface area contributed by atoms with Crippen molar-refractivity contribution < 1.29 is 19.1 Å². The monoisotopic (exact) mass is 446 g/mol. The predicted octanol–water partition coefficient (Wildman–Crippen LogP) is 1.85. The molecule has 1 aromatic carbocycles. The molecule has 1 aliphatic rings. The molecule has 0 aliphatic carbocycles. The Morgan fingerprint density at radius 2 is 2.00 bits per heavy atom. The van der Waals surface area contributed by atoms with E-state index in [2.05, 4.69) is 31.4 Å². The SMILES string of the molecule is O=C(N/N=C\c1ccc(OCC(=O)N2CCOCC2)c(Br)c1)c1ccncc1. The Balaban J connectivity index is 1.52. The van der Waals surface area contributed by atoms with E-state index in [0.29, 0.717) is 42.1 Å². The van der Waals surface area contributed by atoms with Gasteiger partial charge in [-0.3, -0.25) is 14.6 Å². The van der Waals surface area contributed by atoms with E-state index in [1.54, 1.807) is 35.2 Å². The first-order valence-electron chi connectivity index (χ1n) is 8.65. The number of carbonyl (C=O) groups is 2. The third-order valence-corrected chi connectivity index (χ3v) is 4.61. The predicted molar refractivity (Wildman–Crippen MR) is 106 cm³/mol. The van der Waals surface area contributed by atoms with Crippen molar-refractivity contribution in [2.75, 3.05) is 32.9 Å². The van der Waals surface area contributed by atoms with Crippen LogP contribution in [0.15, 0.2) is 52.3 Å². The lowest BCUT2D eigenvalue weighted by atomic mass is 10.2. The van der Waals surface area contributed by atoms with Crippen LogP contribution in [0.25, 0.3) is 0 Å². The second kappa shape index (κ2) is 9.95. The quantitative estimate of drug-likeness (QED) is 0.539. The van der Waals surface area contributed by atoms with Gasteiger partial charge in [0.15, 0.2) is 6.61 Å². The summed E-state index contributed by atoms with van der Waals surface area (Å²) in [5.74, 6) is 0.165. The molecule has 0 saturated carbocycles. The minimum Gasteiger partial charge on any atom is -0.483 e. The number of pyridine rings is 1. The Labute approximate surface area is 170 Å². The number of benzene rings is 1. The highest BCUT2D eigenvalue weighted by Crippen LogP contribution is 2.25. The maximum atomic E-state index is 12.1. The molecule has 1 aliphatic heterocycles. The number of hydrogen-bond donors (Lipinski definition) is 1. The molecule has 1 N–H and O–H groups in total. The number of aromatic nitrogens is 1. The van der Waals surface area contributed by atoms with Crippen molar-refractivity contribution in [3.63, 3.8) is 0 Å². The Morgan fingerprint density at radius 3 is 2.71 bits per heavy atom. The van der Waals surface area contributed by atoms with Crippen LogP contribution in [0, 0.1) is 0 Å². The van der Waals surface area contributed by atoms with Crippen molar-refractivity contribution >= 4 is 34.0 Å². The van der Waals surface area contributed by atoms with Crippen LogP contribution in [-0.4, -0.2) is 60.8 Å². The van der Waals surface area contributed by atoms with E-state index in [1.165, 1.54) is 18.6 Å². The van der Waals surface area contributed by atoms with Gasteiger partial charge in [-0.1, -0.05) is 0 Å². The van der Waals surface area contributed by atoms with Gasteiger partial charge in [0.2, 0.25) is 0 Å². The van der Waals surface area contributed by atoms with Crippen LogP contribution >= 0.6 is 15.9 Å². The number of nitrogens with zero attached hydrogens (tertiary/aromatic N) is 3. The Hall–Kier alpha value is -2.78. The molecule has 146 valence electrons. The number of morpholine rings is 1. The van der Waals surface area contributed by atoms with Crippen LogP contribution in [0.3, 0.4) is 0 Å². The van der Waals surface area contributed by atoms with E-state index in [-0.39, 0.29) is 18.4 Å². The first-order chi connectivity index (χ1) is 13.6. The van der Waals surface area contributed by atoms with Crippen molar-refractivity contribution in [1.29, 1.82) is 0 Å². The lowest BCUT2D eigenvalue weighted by Gasteiger charge is -2.26. The molecular weight excluding hydrogens is 428 g/mol. The van der Waals surface area contributed by atoms with Gasteiger partial charge in [-0.25, -0.2) is 5.43 Å². The average molecular weight is 447 g/mol. The molecule has 0 unspecified atom stereocenters. The molecule has 9 heteroatoms. The lowest BCUT2D eigenvalue weighted by molar-refractivity contribution is -0.137. The van der Waals surface area contributed by atoms with Crippen LogP contribution < -0.4 is 10.2 Å². The maximum absolute atomic E-state index is 12.1. The molecule has 2 amide bonds. The molecule has 1 aromatic heterocycles. The molecule has 2 heterocycles. The summed E-state index contributed by atoms with van der Waals surface area (Å²) >= 11 is 3.42. The summed E-state index contributed by atoms with van der Waals surface area (Å²) in [5, 5.41) is 3.94. The Kier molecular flexibility index (Phi) is 7.10. The van der Waals surface area contributed by atoms with E-state index >= 15 is 0 Å². The van der Waals surface area contributed by atoms with Crippen molar-refractivity contribution in [3.05, 3.63) is 58.3 Å². The summed E-state index contributed by atoms with van der Waals surface area (Å²) in [7, 11) is 0. The molecule has 1 fully saturated rings. The summed E-state index contributed by atoms with van der Waals surface area (Å²) in [5.41, 5.74) is 3.69. The number of halogens is 1. The van der Waals surface area contributed by atoms with Crippen LogP contribution in [0.1, 0.15) is 15.9 Å². The fraction of sp³-hybridized carbons (Fsp3) is 0.263. The fourth-order valence-electron chi connectivity index (χ4n) is 2.49. The number of hydrazone groups is 1. The maximum Gasteiger partial charge on any atom is 0.271 e. The van der Waals surface area contributed by atoms with Crippen molar-refractivity contribution in [1.82, 2.24) is 15.3 Å². The lowest BCUT2D eigenvalue weighted by Crippen LogP contribution is -2.43. The van der Waals surface area contributed by atoms with Gasteiger partial charge in [-0.05, 0) is 51.8 Å². The van der Waals surface area contributed by atoms with Gasteiger partial charge in [-0.15, -0.1) is 0 Å². The van der Waals surface area contributed by atoms with Crippen LogP contribution in [0.4, 0.5) is 0 Å². The molecule has 1 saturated heterocycles. The largest absolute Gasteiger partial charge is 0.483 e. The van der Waals surface area contributed by atoms with Gasteiger partial charge in [0.05, 0.1) is 23.9 Å². The van der Waals surface area contributed by atoms with Gasteiger partial charge in [0.25, 0.3) is 11.8 Å². The number of amides is 2. The van der Waals surface area contributed by atoms with E-state index in [9.17, 15) is 9.59 Å². The minimum absolute atomic E-state index is 0.0337. The highest BCUT2D eigenvalue weighted by atomic mass is 79.9. The molecule has 0 radical (unpaired) electrons. The Bertz CT molecular complexity index is 854. The molecule has 0 atom stereocenters. The average Bonchev–Trinajstić information content (AvgIpc) is 2.74. The normalized spacial score (nSPS) is 14.1. The molecule has 28 heavy (non-hydrogen) atoms. The number of ether oxygens (including phenoxy) is 2. The van der Waals surface area contributed by atoms with Crippen molar-refractivity contribution in [2.45, 2.75) is 0 Å². The molecule has 3 rings (SSSR count). The van der Waals surface area contributed by atoms with E-state index in [4.69, 9.17) is 9.47 Å². The number of carbonyl (C=O) groups excluding carboxylic acids is 2. The van der Waals surface area contributed by atoms with E-state index < -0.39 is 0 Å². The highest BCUT2D eigenvalue weighted by Gasteiger charge is 2.17. The molecule has 0 bridgehead atoms. The van der Waals surface area contributed by atoms with E-state index in [0.717, 1.165) is 5.56 Å². The van der Waals surface area contributed by atoms with Crippen LogP contribution in [0.5, 0.6) is 5.75 Å². The second-order valence-corrected chi connectivity index (χ2v) is 6.76. The highest BCUT2D eigenvalue weighted by molar-refractivity contribution is 9.10. The Morgan fingerprint density at radius 1 is 1.25 bits per heavy atom. The minimum atomic E-state index is -0.320.